The lowest BCUT2D eigenvalue weighted by molar-refractivity contribution is -0.159. The Bertz CT molecular complexity index is 1160. The lowest BCUT2D eigenvalue weighted by Crippen LogP contribution is -2.58. The summed E-state index contributed by atoms with van der Waals surface area (Å²) in [5.41, 5.74) is 1.83. The van der Waals surface area contributed by atoms with Crippen molar-refractivity contribution < 1.29 is 29.0 Å². The molecule has 1 unspecified atom stereocenters. The number of likely N-dealkylation sites (tertiary alicyclic amines) is 2. The highest BCUT2D eigenvalue weighted by atomic mass is 16.6. The number of carbonyl (C=O) groups excluding carboxylic acids is 3. The van der Waals surface area contributed by atoms with E-state index in [1.807, 2.05) is 45.0 Å². The number of hydrogen-bond donors (Lipinski definition) is 1. The van der Waals surface area contributed by atoms with Crippen LogP contribution in [0.5, 0.6) is 0 Å². The van der Waals surface area contributed by atoms with E-state index in [-0.39, 0.29) is 22.7 Å². The summed E-state index contributed by atoms with van der Waals surface area (Å²) in [5, 5.41) is 9.44. The SMILES string of the molecule is CC(C)(C)OC(=O)c1ccc(C2=CC[C@]3(C)CN(C(=O)C(=O)N4CCCC4C(=O)O)CC[C@H]3C2(C)C)cc1. The molecule has 3 atom stereocenters. The number of esters is 1. The summed E-state index contributed by atoms with van der Waals surface area (Å²) in [6.07, 6.45) is 4.71. The van der Waals surface area contributed by atoms with Crippen LogP contribution in [0.4, 0.5) is 0 Å². The highest BCUT2D eigenvalue weighted by Gasteiger charge is 2.52. The van der Waals surface area contributed by atoms with Crippen molar-refractivity contribution in [1.29, 1.82) is 0 Å². The van der Waals surface area contributed by atoms with Gasteiger partial charge in [0.05, 0.1) is 5.56 Å². The molecule has 1 aromatic rings. The van der Waals surface area contributed by atoms with E-state index in [0.29, 0.717) is 38.0 Å². The molecule has 0 aromatic heterocycles. The van der Waals surface area contributed by atoms with E-state index in [4.69, 9.17) is 4.74 Å². The van der Waals surface area contributed by atoms with Gasteiger partial charge in [0.25, 0.3) is 0 Å². The van der Waals surface area contributed by atoms with Gasteiger partial charge >= 0.3 is 23.8 Å². The molecular formula is C30H40N2O6. The van der Waals surface area contributed by atoms with Crippen LogP contribution in [0, 0.1) is 16.7 Å². The topological polar surface area (TPSA) is 104 Å². The summed E-state index contributed by atoms with van der Waals surface area (Å²) in [6, 6.07) is 6.65. The van der Waals surface area contributed by atoms with Gasteiger partial charge in [-0.25, -0.2) is 9.59 Å². The van der Waals surface area contributed by atoms with Crippen LogP contribution in [0.1, 0.15) is 83.1 Å². The average Bonchev–Trinajstić information content (AvgIpc) is 3.32. The molecule has 2 saturated heterocycles. The molecular weight excluding hydrogens is 484 g/mol. The predicted octanol–water partition coefficient (Wildman–Crippen LogP) is 4.39. The van der Waals surface area contributed by atoms with Crippen LogP contribution >= 0.6 is 0 Å². The van der Waals surface area contributed by atoms with Gasteiger partial charge in [0.15, 0.2) is 0 Å². The van der Waals surface area contributed by atoms with Gasteiger partial charge in [-0.2, -0.15) is 0 Å². The second-order valence-corrected chi connectivity index (χ2v) is 12.8. The highest BCUT2D eigenvalue weighted by Crippen LogP contribution is 2.57. The Morgan fingerprint density at radius 1 is 0.974 bits per heavy atom. The number of carboxylic acid groups (broad SMARTS) is 1. The molecule has 4 rings (SSSR count). The number of hydrogen-bond acceptors (Lipinski definition) is 5. The van der Waals surface area contributed by atoms with Crippen LogP contribution in [0.2, 0.25) is 0 Å². The molecule has 38 heavy (non-hydrogen) atoms. The van der Waals surface area contributed by atoms with Crippen molar-refractivity contribution in [2.75, 3.05) is 19.6 Å². The van der Waals surface area contributed by atoms with Gasteiger partial charge in [0, 0.05) is 19.6 Å². The van der Waals surface area contributed by atoms with E-state index in [2.05, 4.69) is 26.8 Å². The zero-order valence-electron chi connectivity index (χ0n) is 23.4. The van der Waals surface area contributed by atoms with Gasteiger partial charge in [0.1, 0.15) is 11.6 Å². The van der Waals surface area contributed by atoms with Crippen molar-refractivity contribution in [3.05, 3.63) is 41.5 Å². The number of carbonyl (C=O) groups is 4. The summed E-state index contributed by atoms with van der Waals surface area (Å²) < 4.78 is 5.49. The fraction of sp³-hybridized carbons (Fsp3) is 0.600. The summed E-state index contributed by atoms with van der Waals surface area (Å²) in [6.45, 7) is 13.4. The van der Waals surface area contributed by atoms with Gasteiger partial charge in [-0.15, -0.1) is 0 Å². The first-order valence-corrected chi connectivity index (χ1v) is 13.5. The number of ether oxygens (including phenoxy) is 1. The molecule has 3 aliphatic rings. The normalized spacial score (nSPS) is 26.8. The molecule has 2 heterocycles. The summed E-state index contributed by atoms with van der Waals surface area (Å²) >= 11 is 0. The highest BCUT2D eigenvalue weighted by molar-refractivity contribution is 6.35. The van der Waals surface area contributed by atoms with E-state index in [1.165, 1.54) is 10.5 Å². The van der Waals surface area contributed by atoms with Crippen molar-refractivity contribution in [3.8, 4) is 0 Å². The van der Waals surface area contributed by atoms with Gasteiger partial charge in [-0.05, 0) is 86.5 Å². The maximum absolute atomic E-state index is 13.2. The Hall–Kier alpha value is -3.16. The van der Waals surface area contributed by atoms with E-state index < -0.39 is 29.4 Å². The van der Waals surface area contributed by atoms with E-state index >= 15 is 0 Å². The van der Waals surface area contributed by atoms with Crippen molar-refractivity contribution in [2.24, 2.45) is 16.7 Å². The molecule has 0 spiro atoms. The molecule has 1 aromatic carbocycles. The summed E-state index contributed by atoms with van der Waals surface area (Å²) in [5.74, 6) is -2.42. The first-order valence-electron chi connectivity index (χ1n) is 13.5. The van der Waals surface area contributed by atoms with Crippen LogP contribution in [-0.4, -0.2) is 69.9 Å². The molecule has 2 aliphatic heterocycles. The molecule has 0 saturated carbocycles. The molecule has 2 fully saturated rings. The molecule has 1 aliphatic carbocycles. The van der Waals surface area contributed by atoms with Crippen LogP contribution in [0.25, 0.3) is 5.57 Å². The third-order valence-electron chi connectivity index (χ3n) is 8.52. The monoisotopic (exact) mass is 524 g/mol. The zero-order chi connectivity index (χ0) is 28.0. The minimum absolute atomic E-state index is 0.192. The van der Waals surface area contributed by atoms with Gasteiger partial charge in [0.2, 0.25) is 0 Å². The molecule has 0 radical (unpaired) electrons. The summed E-state index contributed by atoms with van der Waals surface area (Å²) in [7, 11) is 0. The number of benzene rings is 1. The number of nitrogens with zero attached hydrogens (tertiary/aromatic N) is 2. The standard InChI is InChI=1S/C30H40N2O6/c1-28(2,3)38-27(37)20-11-9-19(10-12-20)21-13-15-30(6)18-31(17-14-23(30)29(21,4)5)24(33)25(34)32-16-7-8-22(32)26(35)36/h9-13,22-23H,7-8,14-18H2,1-6H3,(H,35,36)/t22?,23-,30+/m0/s1. The number of rotatable bonds is 3. The fourth-order valence-corrected chi connectivity index (χ4v) is 6.79. The molecule has 8 heteroatoms. The first-order chi connectivity index (χ1) is 17.6. The summed E-state index contributed by atoms with van der Waals surface area (Å²) in [4.78, 5) is 53.0. The molecule has 0 bridgehead atoms. The quantitative estimate of drug-likeness (QED) is 0.465. The minimum Gasteiger partial charge on any atom is -0.480 e. The van der Waals surface area contributed by atoms with Crippen LogP contribution in [0.15, 0.2) is 30.3 Å². The molecule has 2 amide bonds. The predicted molar refractivity (Wildman–Crippen MR) is 143 cm³/mol. The smallest absolute Gasteiger partial charge is 0.338 e. The molecule has 206 valence electrons. The van der Waals surface area contributed by atoms with Crippen molar-refractivity contribution in [2.45, 2.75) is 78.9 Å². The number of amides is 2. The zero-order valence-corrected chi connectivity index (χ0v) is 23.4. The number of allylic oxidation sites excluding steroid dienone is 2. The Kier molecular flexibility index (Phi) is 7.23. The number of fused-ring (bicyclic) bond motifs is 1. The second kappa shape index (κ2) is 9.86. The Morgan fingerprint density at radius 3 is 2.24 bits per heavy atom. The first kappa shape index (κ1) is 27.9. The maximum Gasteiger partial charge on any atom is 0.338 e. The van der Waals surface area contributed by atoms with Gasteiger partial charge in [-0.1, -0.05) is 39.0 Å². The second-order valence-electron chi connectivity index (χ2n) is 12.8. The third-order valence-corrected chi connectivity index (χ3v) is 8.52. The average molecular weight is 525 g/mol. The van der Waals surface area contributed by atoms with Crippen LogP contribution in [-0.2, 0) is 19.1 Å². The van der Waals surface area contributed by atoms with Crippen molar-refractivity contribution >= 4 is 29.3 Å². The number of piperidine rings is 1. The Balaban J connectivity index is 1.50. The van der Waals surface area contributed by atoms with E-state index in [1.54, 1.807) is 4.90 Å². The largest absolute Gasteiger partial charge is 0.480 e. The molecule has 1 N–H and O–H groups in total. The van der Waals surface area contributed by atoms with Crippen molar-refractivity contribution in [3.63, 3.8) is 0 Å². The fourth-order valence-electron chi connectivity index (χ4n) is 6.79. The molecule has 8 nitrogen and oxygen atoms in total. The maximum atomic E-state index is 13.2. The van der Waals surface area contributed by atoms with E-state index in [9.17, 15) is 24.3 Å². The Labute approximate surface area is 225 Å². The third kappa shape index (κ3) is 5.22. The van der Waals surface area contributed by atoms with Gasteiger partial charge in [-0.3, -0.25) is 9.59 Å². The number of carboxylic acids is 1. The lowest BCUT2D eigenvalue weighted by Gasteiger charge is -2.55. The van der Waals surface area contributed by atoms with Crippen molar-refractivity contribution in [1.82, 2.24) is 9.80 Å². The number of aliphatic carboxylic acids is 1. The van der Waals surface area contributed by atoms with Crippen LogP contribution < -0.4 is 0 Å². The van der Waals surface area contributed by atoms with Crippen LogP contribution in [0.3, 0.4) is 0 Å². The Morgan fingerprint density at radius 2 is 1.63 bits per heavy atom. The van der Waals surface area contributed by atoms with E-state index in [0.717, 1.165) is 18.4 Å². The van der Waals surface area contributed by atoms with Gasteiger partial charge < -0.3 is 19.6 Å². The minimum atomic E-state index is -1.06. The lowest BCUT2D eigenvalue weighted by atomic mass is 9.53.